The molecule has 0 saturated carbocycles. The Morgan fingerprint density at radius 2 is 1.93 bits per heavy atom. The molecule has 0 radical (unpaired) electrons. The summed E-state index contributed by atoms with van der Waals surface area (Å²) in [6.45, 7) is -0.695. The number of carboxylic acids is 1. The average molecular weight is 212 g/mol. The van der Waals surface area contributed by atoms with Crippen LogP contribution in [-0.4, -0.2) is 28.1 Å². The van der Waals surface area contributed by atoms with Crippen LogP contribution in [0.15, 0.2) is 30.3 Å². The lowest BCUT2D eigenvalue weighted by atomic mass is 10.4. The zero-order valence-electron chi connectivity index (χ0n) is 7.25. The van der Waals surface area contributed by atoms with Crippen molar-refractivity contribution in [3.63, 3.8) is 0 Å². The van der Waals surface area contributed by atoms with Gasteiger partial charge in [0.25, 0.3) is 0 Å². The standard InChI is InChI=1S/C9H9O4P/c10-6-8(9(11)12)14(13)7-4-2-1-3-5-7/h1-5,10H,6H2,(H,11,12). The van der Waals surface area contributed by atoms with Crippen molar-refractivity contribution < 1.29 is 19.9 Å². The minimum Gasteiger partial charge on any atom is -0.625 e. The maximum Gasteiger partial charge on any atom is 0.376 e. The fraction of sp³-hybridized carbons (Fsp3) is 0.111. The lowest BCUT2D eigenvalue weighted by Gasteiger charge is -2.00. The van der Waals surface area contributed by atoms with Gasteiger partial charge in [-0.15, -0.1) is 0 Å². The number of hydrogen-bond donors (Lipinski definition) is 2. The predicted octanol–water partition coefficient (Wildman–Crippen LogP) is -0.682. The molecule has 0 spiro atoms. The van der Waals surface area contributed by atoms with Gasteiger partial charge >= 0.3 is 5.97 Å². The number of hydrogen-bond acceptors (Lipinski definition) is 3. The van der Waals surface area contributed by atoms with Crippen molar-refractivity contribution in [3.8, 4) is 0 Å². The van der Waals surface area contributed by atoms with Gasteiger partial charge in [0.1, 0.15) is 19.7 Å². The highest BCUT2D eigenvalue weighted by Crippen LogP contribution is 2.13. The van der Waals surface area contributed by atoms with Crippen LogP contribution in [0.4, 0.5) is 0 Å². The Kier molecular flexibility index (Phi) is 3.77. The lowest BCUT2D eigenvalue weighted by Crippen LogP contribution is -2.22. The van der Waals surface area contributed by atoms with Crippen LogP contribution < -0.4 is 10.2 Å². The fourth-order valence-corrected chi connectivity index (χ4v) is 1.99. The second kappa shape index (κ2) is 4.86. The minimum atomic E-state index is -2.16. The Balaban J connectivity index is 3.15. The van der Waals surface area contributed by atoms with Crippen molar-refractivity contribution in [1.29, 1.82) is 0 Å². The van der Waals surface area contributed by atoms with Crippen molar-refractivity contribution in [2.24, 2.45) is 0 Å². The maximum atomic E-state index is 11.6. The molecule has 0 aliphatic heterocycles. The van der Waals surface area contributed by atoms with Gasteiger partial charge in [-0.25, -0.2) is 4.79 Å². The van der Waals surface area contributed by atoms with E-state index in [1.165, 1.54) is 0 Å². The van der Waals surface area contributed by atoms with E-state index in [0.717, 1.165) is 0 Å². The van der Waals surface area contributed by atoms with Crippen LogP contribution in [0, 0.1) is 0 Å². The van der Waals surface area contributed by atoms with E-state index in [1.807, 2.05) is 0 Å². The first-order valence-electron chi connectivity index (χ1n) is 3.89. The largest absolute Gasteiger partial charge is 0.625 e. The zero-order valence-corrected chi connectivity index (χ0v) is 8.15. The smallest absolute Gasteiger partial charge is 0.376 e. The van der Waals surface area contributed by atoms with Gasteiger partial charge in [0.2, 0.25) is 5.29 Å². The summed E-state index contributed by atoms with van der Waals surface area (Å²) in [5, 5.41) is 17.4. The molecule has 1 aromatic carbocycles. The molecule has 0 amide bonds. The van der Waals surface area contributed by atoms with E-state index in [0.29, 0.717) is 5.30 Å². The van der Waals surface area contributed by atoms with Crippen molar-refractivity contribution >= 4 is 24.3 Å². The van der Waals surface area contributed by atoms with Crippen molar-refractivity contribution in [2.45, 2.75) is 0 Å². The zero-order chi connectivity index (χ0) is 10.6. The van der Waals surface area contributed by atoms with Gasteiger partial charge in [-0.3, -0.25) is 0 Å². The molecule has 0 aliphatic rings. The molecular formula is C9H9O4P. The molecule has 4 nitrogen and oxygen atoms in total. The van der Waals surface area contributed by atoms with Gasteiger partial charge in [0.05, 0.1) is 0 Å². The molecule has 1 unspecified atom stereocenters. The Morgan fingerprint density at radius 1 is 1.36 bits per heavy atom. The third-order valence-electron chi connectivity index (χ3n) is 1.63. The summed E-state index contributed by atoms with van der Waals surface area (Å²) in [7, 11) is -2.16. The number of carbonyl (C=O) groups is 1. The quantitative estimate of drug-likeness (QED) is 0.650. The van der Waals surface area contributed by atoms with E-state index in [9.17, 15) is 9.69 Å². The van der Waals surface area contributed by atoms with E-state index in [2.05, 4.69) is 0 Å². The van der Waals surface area contributed by atoms with Crippen molar-refractivity contribution in [3.05, 3.63) is 30.3 Å². The van der Waals surface area contributed by atoms with Gasteiger partial charge in [0, 0.05) is 0 Å². The molecule has 14 heavy (non-hydrogen) atoms. The normalized spacial score (nSPS) is 12.1. The summed E-state index contributed by atoms with van der Waals surface area (Å²) in [6, 6.07) is 8.21. The van der Waals surface area contributed by atoms with E-state index in [4.69, 9.17) is 10.2 Å². The number of rotatable bonds is 3. The third kappa shape index (κ3) is 2.39. The van der Waals surface area contributed by atoms with E-state index in [1.54, 1.807) is 30.3 Å². The van der Waals surface area contributed by atoms with Gasteiger partial charge in [-0.05, 0) is 12.1 Å². The molecule has 74 valence electrons. The van der Waals surface area contributed by atoms with Crippen LogP contribution in [0.2, 0.25) is 0 Å². The van der Waals surface area contributed by atoms with Crippen LogP contribution in [0.1, 0.15) is 0 Å². The van der Waals surface area contributed by atoms with Gasteiger partial charge in [0.15, 0.2) is 0 Å². The maximum absolute atomic E-state index is 11.6. The molecule has 0 fully saturated rings. The predicted molar refractivity (Wildman–Crippen MR) is 52.7 cm³/mol. The second-order valence-corrected chi connectivity index (χ2v) is 4.18. The van der Waals surface area contributed by atoms with E-state index in [-0.39, 0.29) is 5.29 Å². The average Bonchev–Trinajstić information content (AvgIpc) is 2.19. The first kappa shape index (κ1) is 10.9. The topological polar surface area (TPSA) is 80.6 Å². The summed E-state index contributed by atoms with van der Waals surface area (Å²) in [4.78, 5) is 22.2. The van der Waals surface area contributed by atoms with Crippen LogP contribution in [0.25, 0.3) is 0 Å². The molecule has 2 N–H and O–H groups in total. The molecule has 0 saturated heterocycles. The molecule has 1 rings (SSSR count). The highest BCUT2D eigenvalue weighted by Gasteiger charge is 2.19. The van der Waals surface area contributed by atoms with Gasteiger partial charge in [-0.2, -0.15) is 0 Å². The number of aliphatic carboxylic acids is 1. The highest BCUT2D eigenvalue weighted by molar-refractivity contribution is 7.61. The molecule has 0 bridgehead atoms. The van der Waals surface area contributed by atoms with Gasteiger partial charge < -0.3 is 15.1 Å². The lowest BCUT2D eigenvalue weighted by molar-refractivity contribution is -0.150. The van der Waals surface area contributed by atoms with Crippen LogP contribution in [-0.2, 0) is 4.79 Å². The summed E-state index contributed by atoms with van der Waals surface area (Å²) in [5.41, 5.74) is 0. The monoisotopic (exact) mass is 212 g/mol. The van der Waals surface area contributed by atoms with Gasteiger partial charge in [-0.1, -0.05) is 18.2 Å². The third-order valence-corrected chi connectivity index (χ3v) is 3.22. The molecular weight excluding hydrogens is 203 g/mol. The molecule has 1 atom stereocenters. The second-order valence-electron chi connectivity index (χ2n) is 2.54. The molecule has 1 aromatic rings. The van der Waals surface area contributed by atoms with Crippen LogP contribution in [0.5, 0.6) is 0 Å². The first-order valence-corrected chi connectivity index (χ1v) is 5.15. The number of aliphatic hydroxyl groups excluding tert-OH is 1. The SMILES string of the molecule is O=C(O)/C(CO)=[P+](\[O-])c1ccccc1. The highest BCUT2D eigenvalue weighted by atomic mass is 31.1. The Labute approximate surface area is 81.9 Å². The van der Waals surface area contributed by atoms with E-state index >= 15 is 0 Å². The summed E-state index contributed by atoms with van der Waals surface area (Å²) < 4.78 is 0. The van der Waals surface area contributed by atoms with E-state index < -0.39 is 20.3 Å². The molecule has 0 heterocycles. The number of benzene rings is 1. The Morgan fingerprint density at radius 3 is 2.36 bits per heavy atom. The minimum absolute atomic E-state index is 0.369. The van der Waals surface area contributed by atoms with Crippen LogP contribution >= 0.6 is 7.77 Å². The number of carboxylic acid groups (broad SMARTS) is 1. The molecule has 0 aromatic heterocycles. The fourth-order valence-electron chi connectivity index (χ4n) is 0.938. The first-order chi connectivity index (χ1) is 6.66. The molecule has 0 aliphatic carbocycles. The summed E-state index contributed by atoms with van der Waals surface area (Å²) in [5.74, 6) is -1.32. The molecule has 5 heteroatoms. The van der Waals surface area contributed by atoms with Crippen molar-refractivity contribution in [1.82, 2.24) is 0 Å². The van der Waals surface area contributed by atoms with Crippen LogP contribution in [0.3, 0.4) is 0 Å². The summed E-state index contributed by atoms with van der Waals surface area (Å²) in [6.07, 6.45) is 0. The Hall–Kier alpha value is -1.22. The summed E-state index contributed by atoms with van der Waals surface area (Å²) >= 11 is 0. The number of aliphatic hydroxyl groups is 1. The Bertz CT molecular complexity index is 358. The van der Waals surface area contributed by atoms with Crippen molar-refractivity contribution in [2.75, 3.05) is 6.61 Å².